The number of hydrogen-bond donors (Lipinski definition) is 2. The van der Waals surface area contributed by atoms with Crippen molar-refractivity contribution in [1.29, 1.82) is 0 Å². The number of para-hydroxylation sites is 1. The molecule has 0 spiro atoms. The summed E-state index contributed by atoms with van der Waals surface area (Å²) in [6, 6.07) is 15.0. The molecule has 0 fully saturated rings. The van der Waals surface area contributed by atoms with Crippen LogP contribution in [0.2, 0.25) is 0 Å². The van der Waals surface area contributed by atoms with Crippen LogP contribution in [0.5, 0.6) is 17.2 Å². The summed E-state index contributed by atoms with van der Waals surface area (Å²) in [5, 5.41) is 6.17. The summed E-state index contributed by atoms with van der Waals surface area (Å²) in [6.07, 6.45) is 0. The van der Waals surface area contributed by atoms with Crippen molar-refractivity contribution in [3.8, 4) is 17.2 Å². The predicted octanol–water partition coefficient (Wildman–Crippen LogP) is 6.14. The molecule has 2 amide bonds. The van der Waals surface area contributed by atoms with E-state index in [9.17, 15) is 9.59 Å². The summed E-state index contributed by atoms with van der Waals surface area (Å²) in [5.74, 6) is 1.69. The molecule has 194 valence electrons. The summed E-state index contributed by atoms with van der Waals surface area (Å²) in [7, 11) is 4.81. The Morgan fingerprint density at radius 1 is 0.838 bits per heavy atom. The number of anilines is 2. The van der Waals surface area contributed by atoms with E-state index in [0.29, 0.717) is 27.9 Å². The molecule has 0 aliphatic carbocycles. The molecule has 0 radical (unpaired) electrons. The largest absolute Gasteiger partial charge is 0.493 e. The van der Waals surface area contributed by atoms with Crippen LogP contribution in [0.3, 0.4) is 0 Å². The normalized spacial score (nSPS) is 10.2. The first kappa shape index (κ1) is 27.5. The van der Waals surface area contributed by atoms with Crippen molar-refractivity contribution in [2.75, 3.05) is 32.0 Å². The fourth-order valence-electron chi connectivity index (χ4n) is 3.68. The number of nitrogens with zero attached hydrogens (tertiary/aromatic N) is 1. The first-order chi connectivity index (χ1) is 17.7. The van der Waals surface area contributed by atoms with E-state index >= 15 is 0 Å². The Hall–Kier alpha value is -4.11. The van der Waals surface area contributed by atoms with E-state index < -0.39 is 0 Å². The SMILES string of the molecule is CC(=O)Nc1nc2ccc(C(=O)Nc3c(C)cccc3C)cc2s1.COc1cc(C)cc(OC)c1OC. The number of thiazole rings is 1. The molecule has 0 aliphatic heterocycles. The Balaban J connectivity index is 0.000000248. The molecule has 2 N–H and O–H groups in total. The van der Waals surface area contributed by atoms with Gasteiger partial charge in [0.05, 0.1) is 31.5 Å². The Bertz CT molecular complexity index is 1390. The fraction of sp³-hybridized carbons (Fsp3) is 0.250. The van der Waals surface area contributed by atoms with Crippen LogP contribution in [0.15, 0.2) is 48.5 Å². The van der Waals surface area contributed by atoms with Crippen molar-refractivity contribution in [3.63, 3.8) is 0 Å². The summed E-state index contributed by atoms with van der Waals surface area (Å²) in [4.78, 5) is 28.0. The van der Waals surface area contributed by atoms with Crippen molar-refractivity contribution in [2.24, 2.45) is 0 Å². The standard InChI is InChI=1S/C18H17N3O2S.C10H14O3/c1-10-5-4-6-11(2)16(10)21-17(23)13-7-8-14-15(9-13)24-18(20-14)19-12(3)22;1-7-5-8(11-2)10(13-4)9(6-7)12-3/h4-9H,1-3H3,(H,21,23)(H,19,20,22);5-6H,1-4H3. The molecular formula is C28H31N3O5S. The Kier molecular flexibility index (Phi) is 9.08. The van der Waals surface area contributed by atoms with Gasteiger partial charge >= 0.3 is 0 Å². The second-order valence-electron chi connectivity index (χ2n) is 8.31. The molecule has 0 saturated heterocycles. The zero-order valence-electron chi connectivity index (χ0n) is 22.0. The number of rotatable bonds is 6. The Labute approximate surface area is 220 Å². The zero-order chi connectivity index (χ0) is 27.1. The Morgan fingerprint density at radius 3 is 2.00 bits per heavy atom. The van der Waals surface area contributed by atoms with Crippen LogP contribution in [0.1, 0.15) is 34.0 Å². The summed E-state index contributed by atoms with van der Waals surface area (Å²) in [5.41, 5.74) is 5.28. The van der Waals surface area contributed by atoms with E-state index in [1.807, 2.05) is 51.1 Å². The third-order valence-electron chi connectivity index (χ3n) is 5.46. The molecule has 9 heteroatoms. The predicted molar refractivity (Wildman–Crippen MR) is 149 cm³/mol. The number of ether oxygens (including phenoxy) is 3. The molecular weight excluding hydrogens is 490 g/mol. The highest BCUT2D eigenvalue weighted by atomic mass is 32.1. The number of aryl methyl sites for hydroxylation is 3. The van der Waals surface area contributed by atoms with Gasteiger partial charge in [-0.15, -0.1) is 0 Å². The van der Waals surface area contributed by atoms with Gasteiger partial charge in [-0.3, -0.25) is 9.59 Å². The maximum atomic E-state index is 12.6. The van der Waals surface area contributed by atoms with Crippen LogP contribution in [0.25, 0.3) is 10.2 Å². The van der Waals surface area contributed by atoms with E-state index in [1.165, 1.54) is 18.3 Å². The number of carbonyl (C=O) groups excluding carboxylic acids is 2. The van der Waals surface area contributed by atoms with Gasteiger partial charge in [0.1, 0.15) is 0 Å². The molecule has 0 unspecified atom stereocenters. The molecule has 1 aromatic heterocycles. The Morgan fingerprint density at radius 2 is 1.46 bits per heavy atom. The van der Waals surface area contributed by atoms with Gasteiger partial charge in [0.15, 0.2) is 16.6 Å². The highest BCUT2D eigenvalue weighted by Crippen LogP contribution is 2.37. The lowest BCUT2D eigenvalue weighted by Gasteiger charge is -2.12. The minimum atomic E-state index is -0.165. The molecule has 3 aromatic carbocycles. The third-order valence-corrected chi connectivity index (χ3v) is 6.40. The molecule has 0 atom stereocenters. The lowest BCUT2D eigenvalue weighted by atomic mass is 10.1. The smallest absolute Gasteiger partial charge is 0.255 e. The van der Waals surface area contributed by atoms with Crippen LogP contribution in [0, 0.1) is 20.8 Å². The number of methoxy groups -OCH3 is 3. The molecule has 8 nitrogen and oxygen atoms in total. The second-order valence-corrected chi connectivity index (χ2v) is 9.34. The van der Waals surface area contributed by atoms with Gasteiger partial charge < -0.3 is 24.8 Å². The summed E-state index contributed by atoms with van der Waals surface area (Å²) >= 11 is 1.35. The van der Waals surface area contributed by atoms with Gasteiger partial charge in [0.25, 0.3) is 5.91 Å². The van der Waals surface area contributed by atoms with Crippen molar-refractivity contribution >= 4 is 44.2 Å². The van der Waals surface area contributed by atoms with Gasteiger partial charge in [0.2, 0.25) is 11.7 Å². The van der Waals surface area contributed by atoms with E-state index in [1.54, 1.807) is 39.5 Å². The number of aromatic nitrogens is 1. The number of amides is 2. The van der Waals surface area contributed by atoms with E-state index in [0.717, 1.165) is 32.6 Å². The summed E-state index contributed by atoms with van der Waals surface area (Å²) in [6.45, 7) is 7.35. The van der Waals surface area contributed by atoms with Gasteiger partial charge in [-0.1, -0.05) is 29.5 Å². The van der Waals surface area contributed by atoms with Gasteiger partial charge in [0, 0.05) is 18.2 Å². The van der Waals surface area contributed by atoms with Crippen LogP contribution >= 0.6 is 11.3 Å². The van der Waals surface area contributed by atoms with Crippen LogP contribution in [0.4, 0.5) is 10.8 Å². The lowest BCUT2D eigenvalue weighted by Crippen LogP contribution is -2.13. The minimum Gasteiger partial charge on any atom is -0.493 e. The maximum Gasteiger partial charge on any atom is 0.255 e. The van der Waals surface area contributed by atoms with Crippen LogP contribution < -0.4 is 24.8 Å². The zero-order valence-corrected chi connectivity index (χ0v) is 22.8. The van der Waals surface area contributed by atoms with Crippen molar-refractivity contribution in [1.82, 2.24) is 4.98 Å². The molecule has 0 saturated carbocycles. The first-order valence-corrected chi connectivity index (χ1v) is 12.3. The van der Waals surface area contributed by atoms with Crippen LogP contribution in [-0.4, -0.2) is 38.1 Å². The number of carbonyl (C=O) groups is 2. The monoisotopic (exact) mass is 521 g/mol. The molecule has 0 bridgehead atoms. The van der Waals surface area contributed by atoms with Gasteiger partial charge in [-0.25, -0.2) is 4.98 Å². The average molecular weight is 522 g/mol. The highest BCUT2D eigenvalue weighted by Gasteiger charge is 2.13. The van der Waals surface area contributed by atoms with E-state index in [4.69, 9.17) is 14.2 Å². The first-order valence-electron chi connectivity index (χ1n) is 11.5. The fourth-order valence-corrected chi connectivity index (χ4v) is 4.63. The van der Waals surface area contributed by atoms with Crippen molar-refractivity contribution < 1.29 is 23.8 Å². The maximum absolute atomic E-state index is 12.6. The summed E-state index contributed by atoms with van der Waals surface area (Å²) < 4.78 is 16.3. The average Bonchev–Trinajstić information content (AvgIpc) is 3.26. The molecule has 4 rings (SSSR count). The number of benzene rings is 3. The van der Waals surface area contributed by atoms with Crippen molar-refractivity contribution in [2.45, 2.75) is 27.7 Å². The second kappa shape index (κ2) is 12.2. The van der Waals surface area contributed by atoms with Gasteiger partial charge in [-0.05, 0) is 67.8 Å². The molecule has 4 aromatic rings. The number of nitrogens with one attached hydrogen (secondary N) is 2. The van der Waals surface area contributed by atoms with Crippen LogP contribution in [-0.2, 0) is 4.79 Å². The van der Waals surface area contributed by atoms with Crippen molar-refractivity contribution in [3.05, 3.63) is 70.8 Å². The number of hydrogen-bond acceptors (Lipinski definition) is 7. The highest BCUT2D eigenvalue weighted by molar-refractivity contribution is 7.22. The lowest BCUT2D eigenvalue weighted by molar-refractivity contribution is -0.114. The third kappa shape index (κ3) is 6.77. The quantitative estimate of drug-likeness (QED) is 0.316. The molecule has 0 aliphatic rings. The van der Waals surface area contributed by atoms with E-state index in [2.05, 4.69) is 15.6 Å². The van der Waals surface area contributed by atoms with E-state index in [-0.39, 0.29) is 11.8 Å². The molecule has 1 heterocycles. The minimum absolute atomic E-state index is 0.163. The number of fused-ring (bicyclic) bond motifs is 1. The topological polar surface area (TPSA) is 98.8 Å². The molecule has 37 heavy (non-hydrogen) atoms. The van der Waals surface area contributed by atoms with Gasteiger partial charge in [-0.2, -0.15) is 0 Å².